The van der Waals surface area contributed by atoms with Gasteiger partial charge >= 0.3 is 0 Å². The Kier molecular flexibility index (Phi) is 4.02. The van der Waals surface area contributed by atoms with E-state index >= 15 is 0 Å². The molecule has 0 aliphatic rings. The van der Waals surface area contributed by atoms with E-state index in [1.807, 2.05) is 0 Å². The topological polar surface area (TPSA) is 95.4 Å². The van der Waals surface area contributed by atoms with Gasteiger partial charge in [0.2, 0.25) is 5.95 Å². The quantitative estimate of drug-likeness (QED) is 0.597. The van der Waals surface area contributed by atoms with Crippen molar-refractivity contribution < 1.29 is 4.39 Å². The maximum atomic E-state index is 14.3. The molecule has 0 amide bonds. The smallest absolute Gasteiger partial charge is 0.220 e. The summed E-state index contributed by atoms with van der Waals surface area (Å²) in [6, 6.07) is 13.2. The van der Waals surface area contributed by atoms with Crippen molar-refractivity contribution in [3.05, 3.63) is 65.6 Å². The molecule has 0 fully saturated rings. The first kappa shape index (κ1) is 16.1. The Morgan fingerprint density at radius 3 is 2.54 bits per heavy atom. The van der Waals surface area contributed by atoms with Crippen molar-refractivity contribution >= 4 is 17.5 Å². The maximum absolute atomic E-state index is 14.3. The number of hydrogen-bond acceptors (Lipinski definition) is 6. The van der Waals surface area contributed by atoms with E-state index in [0.29, 0.717) is 27.8 Å². The third kappa shape index (κ3) is 2.86. The predicted molar refractivity (Wildman–Crippen MR) is 95.0 cm³/mol. The van der Waals surface area contributed by atoms with E-state index < -0.39 is 5.82 Å². The summed E-state index contributed by atoms with van der Waals surface area (Å²) in [5, 5.41) is 12.4. The third-order valence-corrected chi connectivity index (χ3v) is 3.97. The van der Waals surface area contributed by atoms with Gasteiger partial charge in [0.25, 0.3) is 0 Å². The van der Waals surface area contributed by atoms with Gasteiger partial charge in [0.05, 0.1) is 16.9 Å². The Bertz CT molecular complexity index is 1080. The molecule has 0 saturated heterocycles. The summed E-state index contributed by atoms with van der Waals surface area (Å²) in [7, 11) is 0. The first-order valence-corrected chi connectivity index (χ1v) is 7.93. The SMILES string of the molecule is Nc1ncc(-c2nnnn2-c2ccc(Cl)cc2)c(-c2ccccc2F)n1. The Morgan fingerprint density at radius 1 is 1.00 bits per heavy atom. The van der Waals surface area contributed by atoms with Gasteiger partial charge in [-0.2, -0.15) is 4.68 Å². The van der Waals surface area contributed by atoms with Crippen LogP contribution in [-0.4, -0.2) is 30.2 Å². The lowest BCUT2D eigenvalue weighted by molar-refractivity contribution is 0.630. The summed E-state index contributed by atoms with van der Waals surface area (Å²) in [6.07, 6.45) is 1.47. The number of rotatable bonds is 3. The zero-order valence-corrected chi connectivity index (χ0v) is 14.0. The zero-order chi connectivity index (χ0) is 18.1. The molecule has 0 aliphatic carbocycles. The third-order valence-electron chi connectivity index (χ3n) is 3.72. The molecule has 4 rings (SSSR count). The first-order valence-electron chi connectivity index (χ1n) is 7.55. The normalized spacial score (nSPS) is 10.8. The molecule has 2 heterocycles. The van der Waals surface area contributed by atoms with Crippen molar-refractivity contribution in [2.24, 2.45) is 0 Å². The van der Waals surface area contributed by atoms with E-state index in [9.17, 15) is 4.39 Å². The van der Waals surface area contributed by atoms with E-state index in [1.54, 1.807) is 42.5 Å². The second-order valence-corrected chi connectivity index (χ2v) is 5.80. The molecule has 2 aromatic carbocycles. The van der Waals surface area contributed by atoms with E-state index in [0.717, 1.165) is 0 Å². The highest BCUT2D eigenvalue weighted by Gasteiger charge is 2.19. The van der Waals surface area contributed by atoms with Crippen molar-refractivity contribution in [3.8, 4) is 28.3 Å². The van der Waals surface area contributed by atoms with Crippen molar-refractivity contribution in [1.29, 1.82) is 0 Å². The molecule has 4 aromatic rings. The molecule has 2 aromatic heterocycles. The highest BCUT2D eigenvalue weighted by atomic mass is 35.5. The number of nitrogen functional groups attached to an aromatic ring is 1. The highest BCUT2D eigenvalue weighted by Crippen LogP contribution is 2.31. The van der Waals surface area contributed by atoms with Crippen molar-refractivity contribution in [1.82, 2.24) is 30.2 Å². The van der Waals surface area contributed by atoms with Crippen LogP contribution in [0, 0.1) is 5.82 Å². The number of aromatic nitrogens is 6. The van der Waals surface area contributed by atoms with Gasteiger partial charge in [-0.1, -0.05) is 23.7 Å². The van der Waals surface area contributed by atoms with Crippen LogP contribution in [0.1, 0.15) is 0 Å². The van der Waals surface area contributed by atoms with E-state index in [-0.39, 0.29) is 11.5 Å². The van der Waals surface area contributed by atoms with E-state index in [2.05, 4.69) is 25.5 Å². The molecule has 2 N–H and O–H groups in total. The van der Waals surface area contributed by atoms with Gasteiger partial charge in [-0.15, -0.1) is 5.10 Å². The van der Waals surface area contributed by atoms with Crippen molar-refractivity contribution in [3.63, 3.8) is 0 Å². The van der Waals surface area contributed by atoms with E-state index in [1.165, 1.54) is 16.9 Å². The molecule has 0 aliphatic heterocycles. The summed E-state index contributed by atoms with van der Waals surface area (Å²) >= 11 is 5.93. The number of hydrogen-bond donors (Lipinski definition) is 1. The molecule has 0 unspecified atom stereocenters. The second-order valence-electron chi connectivity index (χ2n) is 5.36. The van der Waals surface area contributed by atoms with Gasteiger partial charge in [0, 0.05) is 16.8 Å². The minimum Gasteiger partial charge on any atom is -0.368 e. The summed E-state index contributed by atoms with van der Waals surface area (Å²) in [5.41, 5.74) is 7.44. The Hall–Kier alpha value is -3.39. The van der Waals surface area contributed by atoms with Crippen LogP contribution in [0.5, 0.6) is 0 Å². The second kappa shape index (κ2) is 6.49. The predicted octanol–water partition coefficient (Wildman–Crippen LogP) is 3.16. The van der Waals surface area contributed by atoms with Crippen molar-refractivity contribution in [2.75, 3.05) is 5.73 Å². The highest BCUT2D eigenvalue weighted by molar-refractivity contribution is 6.30. The minimum absolute atomic E-state index is 0.0255. The lowest BCUT2D eigenvalue weighted by atomic mass is 10.1. The van der Waals surface area contributed by atoms with Crippen LogP contribution < -0.4 is 5.73 Å². The molecule has 0 spiro atoms. The lowest BCUT2D eigenvalue weighted by Crippen LogP contribution is -2.04. The van der Waals surface area contributed by atoms with Gasteiger partial charge in [0.1, 0.15) is 5.82 Å². The molecule has 128 valence electrons. The van der Waals surface area contributed by atoms with Crippen LogP contribution >= 0.6 is 11.6 Å². The molecule has 0 saturated carbocycles. The van der Waals surface area contributed by atoms with Gasteiger partial charge in [-0.05, 0) is 46.8 Å². The maximum Gasteiger partial charge on any atom is 0.220 e. The molecule has 0 radical (unpaired) electrons. The van der Waals surface area contributed by atoms with Crippen LogP contribution in [0.3, 0.4) is 0 Å². The molecule has 0 atom stereocenters. The summed E-state index contributed by atoms with van der Waals surface area (Å²) in [6.45, 7) is 0. The van der Waals surface area contributed by atoms with Crippen LogP contribution in [0.25, 0.3) is 28.3 Å². The fraction of sp³-hybridized carbons (Fsp3) is 0. The van der Waals surface area contributed by atoms with Crippen LogP contribution in [0.15, 0.2) is 54.7 Å². The Labute approximate surface area is 152 Å². The first-order chi connectivity index (χ1) is 12.6. The van der Waals surface area contributed by atoms with Gasteiger partial charge in [-0.3, -0.25) is 0 Å². The minimum atomic E-state index is -0.433. The number of anilines is 1. The largest absolute Gasteiger partial charge is 0.368 e. The Balaban J connectivity index is 1.92. The van der Waals surface area contributed by atoms with Gasteiger partial charge in [0.15, 0.2) is 5.82 Å². The number of nitrogens with zero attached hydrogens (tertiary/aromatic N) is 6. The van der Waals surface area contributed by atoms with E-state index in [4.69, 9.17) is 17.3 Å². The van der Waals surface area contributed by atoms with Crippen LogP contribution in [-0.2, 0) is 0 Å². The summed E-state index contributed by atoms with van der Waals surface area (Å²) < 4.78 is 15.8. The van der Waals surface area contributed by atoms with Crippen LogP contribution in [0.2, 0.25) is 5.02 Å². The molecule has 7 nitrogen and oxygen atoms in total. The molecular formula is C17H11ClFN7. The summed E-state index contributed by atoms with van der Waals surface area (Å²) in [4.78, 5) is 8.22. The molecule has 0 bridgehead atoms. The molecule has 26 heavy (non-hydrogen) atoms. The molecular weight excluding hydrogens is 357 g/mol. The van der Waals surface area contributed by atoms with Crippen molar-refractivity contribution in [2.45, 2.75) is 0 Å². The Morgan fingerprint density at radius 2 is 1.77 bits per heavy atom. The number of benzene rings is 2. The number of tetrazole rings is 1. The molecule has 9 heteroatoms. The number of halogens is 2. The standard InChI is InChI=1S/C17H11ClFN7/c18-10-5-7-11(8-6-10)26-16(23-24-25-26)13-9-21-17(20)22-15(13)12-3-1-2-4-14(12)19/h1-9H,(H2,20,21,22). The lowest BCUT2D eigenvalue weighted by Gasteiger charge is -2.10. The summed E-state index contributed by atoms with van der Waals surface area (Å²) in [5.74, 6) is -0.0551. The zero-order valence-electron chi connectivity index (χ0n) is 13.2. The fourth-order valence-electron chi connectivity index (χ4n) is 2.53. The van der Waals surface area contributed by atoms with Gasteiger partial charge < -0.3 is 5.73 Å². The average molecular weight is 368 g/mol. The monoisotopic (exact) mass is 367 g/mol. The number of nitrogens with two attached hydrogens (primary N) is 1. The van der Waals surface area contributed by atoms with Gasteiger partial charge in [-0.25, -0.2) is 14.4 Å². The fourth-order valence-corrected chi connectivity index (χ4v) is 2.65. The van der Waals surface area contributed by atoms with Crippen LogP contribution in [0.4, 0.5) is 10.3 Å². The average Bonchev–Trinajstić information content (AvgIpc) is 3.12.